The summed E-state index contributed by atoms with van der Waals surface area (Å²) >= 11 is 0. The number of halogens is 1. The van der Waals surface area contributed by atoms with Crippen LogP contribution in [0.3, 0.4) is 0 Å². The number of amides is 1. The van der Waals surface area contributed by atoms with Crippen LogP contribution in [-0.2, 0) is 9.59 Å². The normalized spacial score (nSPS) is 30.4. The molecule has 0 aliphatic heterocycles. The van der Waals surface area contributed by atoms with Crippen molar-refractivity contribution >= 4 is 17.6 Å². The van der Waals surface area contributed by atoms with Crippen LogP contribution in [0.1, 0.15) is 6.42 Å². The Hall–Kier alpha value is -2.17. The first-order valence-corrected chi connectivity index (χ1v) is 6.54. The minimum atomic E-state index is -0.962. The van der Waals surface area contributed by atoms with Crippen LogP contribution < -0.4 is 5.32 Å². The number of carboxylic acid groups (broad SMARTS) is 1. The molecule has 0 unspecified atom stereocenters. The summed E-state index contributed by atoms with van der Waals surface area (Å²) in [6.07, 6.45) is 4.46. The highest BCUT2D eigenvalue weighted by Gasteiger charge is 2.51. The minimum absolute atomic E-state index is 0.0622. The summed E-state index contributed by atoms with van der Waals surface area (Å²) in [5.41, 5.74) is 0.0911. The Morgan fingerprint density at radius 2 is 1.80 bits per heavy atom. The highest BCUT2D eigenvalue weighted by atomic mass is 19.1. The molecule has 2 N–H and O–H groups in total. The molecule has 0 spiro atoms. The Balaban J connectivity index is 1.82. The lowest BCUT2D eigenvalue weighted by molar-refractivity contribution is -0.146. The van der Waals surface area contributed by atoms with Gasteiger partial charge in [-0.1, -0.05) is 24.3 Å². The first-order chi connectivity index (χ1) is 9.58. The molecule has 2 aliphatic rings. The molecule has 0 aromatic heterocycles. The predicted octanol–water partition coefficient (Wildman–Crippen LogP) is 2.29. The van der Waals surface area contributed by atoms with Gasteiger partial charge in [0.25, 0.3) is 0 Å². The molecule has 0 heterocycles. The number of carbonyl (C=O) groups is 2. The molecule has 1 aromatic carbocycles. The van der Waals surface area contributed by atoms with E-state index in [0.717, 1.165) is 0 Å². The summed E-state index contributed by atoms with van der Waals surface area (Å²) in [5, 5.41) is 11.8. The number of hydrogen-bond donors (Lipinski definition) is 2. The van der Waals surface area contributed by atoms with Crippen molar-refractivity contribution in [1.82, 2.24) is 0 Å². The molecule has 104 valence electrons. The number of rotatable bonds is 3. The van der Waals surface area contributed by atoms with Crippen LogP contribution in [0.25, 0.3) is 0 Å². The summed E-state index contributed by atoms with van der Waals surface area (Å²) in [4.78, 5) is 23.6. The number of benzene rings is 1. The maximum Gasteiger partial charge on any atom is 0.307 e. The third kappa shape index (κ3) is 1.99. The minimum Gasteiger partial charge on any atom is -0.481 e. The summed E-state index contributed by atoms with van der Waals surface area (Å²) in [6, 6.07) is 5.87. The number of fused-ring (bicyclic) bond motifs is 2. The number of anilines is 1. The highest BCUT2D eigenvalue weighted by Crippen LogP contribution is 2.48. The van der Waals surface area contributed by atoms with Crippen molar-refractivity contribution in [3.63, 3.8) is 0 Å². The number of aliphatic carboxylic acids is 1. The standard InChI is InChI=1S/C15H14FNO3/c16-10-3-1-2-4-11(10)17-14(18)12-8-5-6-9(7-8)13(12)15(19)20/h1-6,8-9,12-13H,7H2,(H,17,18)(H,19,20)/t8-,9+,12-,13-/m0/s1. The Labute approximate surface area is 115 Å². The molecular weight excluding hydrogens is 261 g/mol. The molecule has 4 atom stereocenters. The van der Waals surface area contributed by atoms with E-state index in [1.165, 1.54) is 18.2 Å². The number of allylic oxidation sites excluding steroid dienone is 2. The van der Waals surface area contributed by atoms with E-state index in [1.54, 1.807) is 6.07 Å². The molecule has 3 rings (SSSR count). The quantitative estimate of drug-likeness (QED) is 0.832. The fraction of sp³-hybridized carbons (Fsp3) is 0.333. The van der Waals surface area contributed by atoms with Gasteiger partial charge >= 0.3 is 5.97 Å². The van der Waals surface area contributed by atoms with Gasteiger partial charge in [0.2, 0.25) is 5.91 Å². The van der Waals surface area contributed by atoms with Crippen molar-refractivity contribution in [2.75, 3.05) is 5.32 Å². The first-order valence-electron chi connectivity index (χ1n) is 6.54. The number of carbonyl (C=O) groups excluding carboxylic acids is 1. The number of hydrogen-bond acceptors (Lipinski definition) is 2. The van der Waals surface area contributed by atoms with E-state index < -0.39 is 29.5 Å². The molecular formula is C15H14FNO3. The van der Waals surface area contributed by atoms with Gasteiger partial charge in [-0.3, -0.25) is 9.59 Å². The van der Waals surface area contributed by atoms with Crippen LogP contribution in [0.5, 0.6) is 0 Å². The van der Waals surface area contributed by atoms with E-state index >= 15 is 0 Å². The van der Waals surface area contributed by atoms with E-state index in [-0.39, 0.29) is 17.5 Å². The van der Waals surface area contributed by atoms with E-state index in [0.29, 0.717) is 6.42 Å². The Morgan fingerprint density at radius 1 is 1.15 bits per heavy atom. The molecule has 20 heavy (non-hydrogen) atoms. The lowest BCUT2D eigenvalue weighted by Crippen LogP contribution is -2.36. The zero-order valence-electron chi connectivity index (χ0n) is 10.6. The monoisotopic (exact) mass is 275 g/mol. The Bertz CT molecular complexity index is 599. The van der Waals surface area contributed by atoms with Gasteiger partial charge in [0, 0.05) is 0 Å². The molecule has 2 bridgehead atoms. The van der Waals surface area contributed by atoms with Crippen LogP contribution in [0, 0.1) is 29.5 Å². The van der Waals surface area contributed by atoms with E-state index in [9.17, 15) is 19.1 Å². The topological polar surface area (TPSA) is 66.4 Å². The van der Waals surface area contributed by atoms with Gasteiger partial charge in [0.15, 0.2) is 0 Å². The van der Waals surface area contributed by atoms with Crippen LogP contribution in [0.2, 0.25) is 0 Å². The molecule has 1 amide bonds. The summed E-state index contributed by atoms with van der Waals surface area (Å²) in [5.74, 6) is -3.39. The van der Waals surface area contributed by atoms with E-state index in [2.05, 4.69) is 5.32 Å². The van der Waals surface area contributed by atoms with Gasteiger partial charge in [-0.15, -0.1) is 0 Å². The zero-order chi connectivity index (χ0) is 14.3. The fourth-order valence-electron chi connectivity index (χ4n) is 3.29. The van der Waals surface area contributed by atoms with Gasteiger partial charge in [-0.05, 0) is 30.4 Å². The Morgan fingerprint density at radius 3 is 2.45 bits per heavy atom. The van der Waals surface area contributed by atoms with Crippen molar-refractivity contribution in [2.24, 2.45) is 23.7 Å². The zero-order valence-corrected chi connectivity index (χ0v) is 10.6. The van der Waals surface area contributed by atoms with Gasteiger partial charge < -0.3 is 10.4 Å². The summed E-state index contributed by atoms with van der Waals surface area (Å²) in [7, 11) is 0. The van der Waals surface area contributed by atoms with Gasteiger partial charge in [-0.25, -0.2) is 4.39 Å². The van der Waals surface area contributed by atoms with Crippen molar-refractivity contribution in [3.05, 3.63) is 42.2 Å². The molecule has 4 nitrogen and oxygen atoms in total. The van der Waals surface area contributed by atoms with Crippen LogP contribution in [0.15, 0.2) is 36.4 Å². The van der Waals surface area contributed by atoms with Crippen molar-refractivity contribution in [3.8, 4) is 0 Å². The molecule has 1 aromatic rings. The largest absolute Gasteiger partial charge is 0.481 e. The summed E-state index contributed by atoms with van der Waals surface area (Å²) < 4.78 is 13.5. The van der Waals surface area contributed by atoms with Crippen LogP contribution in [0.4, 0.5) is 10.1 Å². The second kappa shape index (κ2) is 4.74. The second-order valence-corrected chi connectivity index (χ2v) is 5.31. The Kier molecular flexibility index (Phi) is 3.04. The smallest absolute Gasteiger partial charge is 0.307 e. The molecule has 1 fully saturated rings. The van der Waals surface area contributed by atoms with Gasteiger partial charge in [-0.2, -0.15) is 0 Å². The summed E-state index contributed by atoms with van der Waals surface area (Å²) in [6.45, 7) is 0. The third-order valence-corrected chi connectivity index (χ3v) is 4.18. The van der Waals surface area contributed by atoms with Crippen molar-refractivity contribution < 1.29 is 19.1 Å². The van der Waals surface area contributed by atoms with Crippen LogP contribution in [-0.4, -0.2) is 17.0 Å². The molecule has 0 radical (unpaired) electrons. The molecule has 1 saturated carbocycles. The average molecular weight is 275 g/mol. The van der Waals surface area contributed by atoms with E-state index in [1.807, 2.05) is 12.2 Å². The number of nitrogens with one attached hydrogen (secondary N) is 1. The SMILES string of the molecule is O=C(O)[C@@H]1[C@@H](C(=O)Nc2ccccc2F)[C@H]2C=C[C@@H]1C2. The predicted molar refractivity (Wildman–Crippen MR) is 70.4 cm³/mol. The number of carboxylic acids is 1. The van der Waals surface area contributed by atoms with Gasteiger partial charge in [0.1, 0.15) is 5.82 Å². The van der Waals surface area contributed by atoms with Crippen molar-refractivity contribution in [2.45, 2.75) is 6.42 Å². The number of para-hydroxylation sites is 1. The maximum atomic E-state index is 13.5. The third-order valence-electron chi connectivity index (χ3n) is 4.18. The van der Waals surface area contributed by atoms with Crippen molar-refractivity contribution in [1.29, 1.82) is 0 Å². The maximum absolute atomic E-state index is 13.5. The fourth-order valence-corrected chi connectivity index (χ4v) is 3.29. The van der Waals surface area contributed by atoms with E-state index in [4.69, 9.17) is 0 Å². The molecule has 2 aliphatic carbocycles. The van der Waals surface area contributed by atoms with Gasteiger partial charge in [0.05, 0.1) is 17.5 Å². The highest BCUT2D eigenvalue weighted by molar-refractivity contribution is 5.96. The lowest BCUT2D eigenvalue weighted by atomic mass is 9.82. The molecule has 0 saturated heterocycles. The second-order valence-electron chi connectivity index (χ2n) is 5.31. The molecule has 5 heteroatoms. The van der Waals surface area contributed by atoms with Crippen LogP contribution >= 0.6 is 0 Å². The first kappa shape index (κ1) is 12.8. The average Bonchev–Trinajstić information content (AvgIpc) is 3.01. The lowest BCUT2D eigenvalue weighted by Gasteiger charge is -2.23.